The van der Waals surface area contributed by atoms with E-state index in [-0.39, 0.29) is 11.8 Å². The number of hydrogen-bond acceptors (Lipinski definition) is 3. The number of carbonyl (C=O) groups excluding carboxylic acids is 1. The molecule has 0 radical (unpaired) electrons. The molecule has 0 amide bonds. The zero-order valence-electron chi connectivity index (χ0n) is 16.7. The van der Waals surface area contributed by atoms with Gasteiger partial charge in [-0.2, -0.15) is 0 Å². The molecular weight excluding hydrogens is 358 g/mol. The molecule has 0 saturated carbocycles. The molecule has 2 aliphatic rings. The van der Waals surface area contributed by atoms with Crippen molar-refractivity contribution in [3.63, 3.8) is 0 Å². The normalized spacial score (nSPS) is 16.4. The van der Waals surface area contributed by atoms with E-state index in [4.69, 9.17) is 4.99 Å². The summed E-state index contributed by atoms with van der Waals surface area (Å²) in [5.41, 5.74) is 10.3. The van der Waals surface area contributed by atoms with E-state index in [0.717, 1.165) is 44.5 Å². The van der Waals surface area contributed by atoms with E-state index in [2.05, 4.69) is 43.3 Å². The molecule has 1 aliphatic heterocycles. The third kappa shape index (κ3) is 2.73. The Bertz CT molecular complexity index is 1260. The number of aryl methyl sites for hydroxylation is 2. The molecule has 1 atom stereocenters. The van der Waals surface area contributed by atoms with Crippen LogP contribution in [0.3, 0.4) is 0 Å². The highest BCUT2D eigenvalue weighted by Crippen LogP contribution is 2.50. The van der Waals surface area contributed by atoms with Crippen LogP contribution in [0.2, 0.25) is 0 Å². The highest BCUT2D eigenvalue weighted by atomic mass is 16.3. The van der Waals surface area contributed by atoms with Crippen LogP contribution in [-0.4, -0.2) is 16.6 Å². The highest BCUT2D eigenvalue weighted by Gasteiger charge is 2.33. The maximum Gasteiger partial charge on any atom is 0.177 e. The molecule has 142 valence electrons. The van der Waals surface area contributed by atoms with Crippen molar-refractivity contribution in [3.8, 4) is 28.0 Å². The average Bonchev–Trinajstić information content (AvgIpc) is 3.16. The molecule has 0 aromatic heterocycles. The molecule has 3 aromatic carbocycles. The molecule has 29 heavy (non-hydrogen) atoms. The van der Waals surface area contributed by atoms with Gasteiger partial charge < -0.3 is 5.11 Å². The fourth-order valence-electron chi connectivity index (χ4n) is 4.26. The van der Waals surface area contributed by atoms with Crippen molar-refractivity contribution < 1.29 is 9.90 Å². The van der Waals surface area contributed by atoms with Crippen LogP contribution in [0.4, 0.5) is 0 Å². The second-order valence-electron chi connectivity index (χ2n) is 7.93. The van der Waals surface area contributed by atoms with Gasteiger partial charge in [0, 0.05) is 6.92 Å². The second-order valence-corrected chi connectivity index (χ2v) is 7.93. The first-order valence-electron chi connectivity index (χ1n) is 9.78. The van der Waals surface area contributed by atoms with Gasteiger partial charge in [-0.3, -0.25) is 9.79 Å². The van der Waals surface area contributed by atoms with E-state index >= 15 is 0 Å². The molecule has 3 aromatic rings. The Kier molecular flexibility index (Phi) is 3.82. The molecule has 0 spiro atoms. The lowest BCUT2D eigenvalue weighted by atomic mass is 9.78. The third-order valence-corrected chi connectivity index (χ3v) is 5.88. The van der Waals surface area contributed by atoms with Gasteiger partial charge in [0.2, 0.25) is 0 Å². The Morgan fingerprint density at radius 2 is 1.66 bits per heavy atom. The van der Waals surface area contributed by atoms with Crippen LogP contribution in [0.15, 0.2) is 65.7 Å². The number of allylic oxidation sites excluding steroid dienone is 1. The number of phenols is 1. The lowest BCUT2D eigenvalue weighted by molar-refractivity contribution is -0.111. The number of hydrogen-bond donors (Lipinski definition) is 1. The van der Waals surface area contributed by atoms with E-state index < -0.39 is 0 Å². The molecule has 0 bridgehead atoms. The lowest BCUT2D eigenvalue weighted by Gasteiger charge is -2.27. The van der Waals surface area contributed by atoms with Gasteiger partial charge in [-0.1, -0.05) is 48.0 Å². The fourth-order valence-corrected chi connectivity index (χ4v) is 4.26. The lowest BCUT2D eigenvalue weighted by Crippen LogP contribution is -2.07. The van der Waals surface area contributed by atoms with E-state index in [1.54, 1.807) is 6.92 Å². The van der Waals surface area contributed by atoms with Crippen LogP contribution in [0, 0.1) is 13.8 Å². The van der Waals surface area contributed by atoms with Gasteiger partial charge in [-0.15, -0.1) is 0 Å². The molecule has 3 heteroatoms. The van der Waals surface area contributed by atoms with Gasteiger partial charge in [-0.25, -0.2) is 0 Å². The minimum absolute atomic E-state index is 0.00568. The smallest absolute Gasteiger partial charge is 0.177 e. The maximum atomic E-state index is 12.0. The van der Waals surface area contributed by atoms with Crippen LogP contribution in [0.5, 0.6) is 5.75 Å². The highest BCUT2D eigenvalue weighted by molar-refractivity contribution is 6.45. The Hall–Kier alpha value is -3.46. The topological polar surface area (TPSA) is 49.7 Å². The van der Waals surface area contributed by atoms with Gasteiger partial charge >= 0.3 is 0 Å². The van der Waals surface area contributed by atoms with Crippen LogP contribution in [0.25, 0.3) is 27.8 Å². The summed E-state index contributed by atoms with van der Waals surface area (Å²) < 4.78 is 0. The van der Waals surface area contributed by atoms with Gasteiger partial charge in [0.05, 0.1) is 0 Å². The Morgan fingerprint density at radius 3 is 2.41 bits per heavy atom. The van der Waals surface area contributed by atoms with Crippen LogP contribution in [0.1, 0.15) is 35.2 Å². The van der Waals surface area contributed by atoms with Crippen molar-refractivity contribution in [3.05, 3.63) is 82.9 Å². The molecule has 1 N–H and O–H groups in total. The van der Waals surface area contributed by atoms with Gasteiger partial charge in [0.25, 0.3) is 0 Å². The number of fused-ring (bicyclic) bond motifs is 6. The van der Waals surface area contributed by atoms with Crippen molar-refractivity contribution in [1.82, 2.24) is 0 Å². The van der Waals surface area contributed by atoms with E-state index in [9.17, 15) is 9.90 Å². The molecule has 1 heterocycles. The first kappa shape index (κ1) is 17.6. The van der Waals surface area contributed by atoms with E-state index in [0.29, 0.717) is 11.5 Å². The second kappa shape index (κ2) is 6.28. The molecule has 1 unspecified atom stereocenters. The number of aliphatic imine (C=N–C) groups is 1. The summed E-state index contributed by atoms with van der Waals surface area (Å²) in [6, 6.07) is 18.5. The third-order valence-electron chi connectivity index (χ3n) is 5.88. The molecule has 1 aliphatic carbocycles. The zero-order chi connectivity index (χ0) is 20.3. The standard InChI is InChI=1S/C26H21NO2/c1-14-4-8-20-21(10-14)22-11-17(18-6-5-15(2)25(29)12-18)7-9-19(22)23-13-24(16(3)28)27-26(20)23/h4-13,26,29H,1-3H3. The monoisotopic (exact) mass is 379 g/mol. The summed E-state index contributed by atoms with van der Waals surface area (Å²) in [4.78, 5) is 16.7. The number of carbonyl (C=O) groups is 1. The van der Waals surface area contributed by atoms with Crippen molar-refractivity contribution in [2.45, 2.75) is 26.8 Å². The van der Waals surface area contributed by atoms with Crippen molar-refractivity contribution in [2.24, 2.45) is 4.99 Å². The summed E-state index contributed by atoms with van der Waals surface area (Å²) in [7, 11) is 0. The van der Waals surface area contributed by atoms with E-state index in [1.807, 2.05) is 31.2 Å². The summed E-state index contributed by atoms with van der Waals surface area (Å²) >= 11 is 0. The summed E-state index contributed by atoms with van der Waals surface area (Å²) in [5.74, 6) is 0.295. The van der Waals surface area contributed by atoms with Gasteiger partial charge in [0.1, 0.15) is 17.5 Å². The van der Waals surface area contributed by atoms with Gasteiger partial charge in [-0.05, 0) is 76.6 Å². The number of rotatable bonds is 2. The maximum absolute atomic E-state index is 12.0. The Balaban J connectivity index is 1.74. The first-order valence-corrected chi connectivity index (χ1v) is 9.78. The summed E-state index contributed by atoms with van der Waals surface area (Å²) in [5, 5.41) is 10.1. The van der Waals surface area contributed by atoms with E-state index in [1.165, 1.54) is 5.56 Å². The molecule has 0 fully saturated rings. The average molecular weight is 379 g/mol. The minimum Gasteiger partial charge on any atom is -0.508 e. The van der Waals surface area contributed by atoms with Crippen LogP contribution in [-0.2, 0) is 4.79 Å². The van der Waals surface area contributed by atoms with Crippen molar-refractivity contribution in [2.75, 3.05) is 0 Å². The largest absolute Gasteiger partial charge is 0.508 e. The van der Waals surface area contributed by atoms with Crippen LogP contribution < -0.4 is 0 Å². The summed E-state index contributed by atoms with van der Waals surface area (Å²) in [6.45, 7) is 5.55. The molecule has 3 nitrogen and oxygen atoms in total. The number of nitrogens with zero attached hydrogens (tertiary/aromatic N) is 1. The molecule has 0 saturated heterocycles. The molecule has 5 rings (SSSR count). The minimum atomic E-state index is -0.119. The predicted octanol–water partition coefficient (Wildman–Crippen LogP) is 5.82. The van der Waals surface area contributed by atoms with Crippen molar-refractivity contribution in [1.29, 1.82) is 0 Å². The Morgan fingerprint density at radius 1 is 0.897 bits per heavy atom. The fraction of sp³-hybridized carbons (Fsp3) is 0.154. The number of Topliss-reactive ketones (excluding diaryl/α,β-unsaturated/α-hetero) is 1. The predicted molar refractivity (Wildman–Crippen MR) is 117 cm³/mol. The van der Waals surface area contributed by atoms with Gasteiger partial charge in [0.15, 0.2) is 5.78 Å². The number of benzene rings is 3. The SMILES string of the molecule is CC(=O)C1=NC2C(=C1)c1ccc(-c3ccc(C)c(O)c3)cc1-c1cc(C)ccc12. The zero-order valence-corrected chi connectivity index (χ0v) is 16.7. The Labute approximate surface area is 170 Å². The number of ketones is 1. The summed E-state index contributed by atoms with van der Waals surface area (Å²) in [6.07, 6.45) is 1.94. The molecular formula is C26H21NO2. The van der Waals surface area contributed by atoms with Crippen molar-refractivity contribution >= 4 is 17.1 Å². The van der Waals surface area contributed by atoms with Crippen LogP contribution >= 0.6 is 0 Å². The number of aromatic hydroxyl groups is 1. The quantitative estimate of drug-likeness (QED) is 0.609. The first-order chi connectivity index (χ1) is 13.9. The number of phenolic OH excluding ortho intramolecular Hbond substituents is 1.